The summed E-state index contributed by atoms with van der Waals surface area (Å²) in [6.45, 7) is 6.62. The molecule has 1 aliphatic rings. The van der Waals surface area contributed by atoms with Crippen molar-refractivity contribution >= 4 is 29.3 Å². The van der Waals surface area contributed by atoms with Crippen LogP contribution in [0.1, 0.15) is 40.0 Å². The Labute approximate surface area is 175 Å². The fraction of sp³-hybridized carbons (Fsp3) is 0.550. The van der Waals surface area contributed by atoms with E-state index in [1.54, 1.807) is 12.1 Å². The molecule has 1 aromatic heterocycles. The summed E-state index contributed by atoms with van der Waals surface area (Å²) in [5.41, 5.74) is 0.810. The second-order valence-corrected chi connectivity index (χ2v) is 9.21. The standard InChI is InChI=1S/C20H27ClN4O2S/c1-12(2)16-9-4-13(3)10-17(16)27-18(26)11-28-20-24-23-19(25(20)22)14-5-7-15(21)8-6-14/h5-8,12-13,16-17H,4,9-11,22H2,1-3H3/t13-,16+,17+/m1/s1. The van der Waals surface area contributed by atoms with Crippen LogP contribution in [-0.2, 0) is 9.53 Å². The van der Waals surface area contributed by atoms with Crippen molar-refractivity contribution in [2.24, 2.45) is 17.8 Å². The van der Waals surface area contributed by atoms with E-state index in [4.69, 9.17) is 22.2 Å². The van der Waals surface area contributed by atoms with Crippen molar-refractivity contribution in [2.45, 2.75) is 51.3 Å². The van der Waals surface area contributed by atoms with Crippen molar-refractivity contribution in [1.29, 1.82) is 0 Å². The number of esters is 1. The molecule has 1 heterocycles. The summed E-state index contributed by atoms with van der Waals surface area (Å²) in [6, 6.07) is 7.20. The van der Waals surface area contributed by atoms with Crippen molar-refractivity contribution < 1.29 is 9.53 Å². The normalized spacial score (nSPS) is 22.4. The van der Waals surface area contributed by atoms with Crippen LogP contribution in [0.5, 0.6) is 0 Å². The quantitative estimate of drug-likeness (QED) is 0.421. The molecule has 0 saturated heterocycles. The first-order valence-electron chi connectivity index (χ1n) is 9.63. The molecule has 3 rings (SSSR count). The van der Waals surface area contributed by atoms with E-state index in [9.17, 15) is 4.79 Å². The summed E-state index contributed by atoms with van der Waals surface area (Å²) in [6.07, 6.45) is 3.26. The van der Waals surface area contributed by atoms with E-state index in [1.807, 2.05) is 12.1 Å². The molecule has 0 spiro atoms. The summed E-state index contributed by atoms with van der Waals surface area (Å²) in [7, 11) is 0. The zero-order valence-corrected chi connectivity index (χ0v) is 18.0. The molecular weight excluding hydrogens is 396 g/mol. The Balaban J connectivity index is 1.59. The van der Waals surface area contributed by atoms with Crippen LogP contribution < -0.4 is 5.84 Å². The molecule has 0 radical (unpaired) electrons. The Bertz CT molecular complexity index is 809. The van der Waals surface area contributed by atoms with Gasteiger partial charge < -0.3 is 10.6 Å². The van der Waals surface area contributed by atoms with Crippen molar-refractivity contribution in [1.82, 2.24) is 14.9 Å². The SMILES string of the molecule is CC(C)[C@@H]1CC[C@@H](C)C[C@@H]1OC(=O)CSc1nnc(-c2ccc(Cl)cc2)n1N. The number of carbonyl (C=O) groups is 1. The average Bonchev–Trinajstić information content (AvgIpc) is 3.01. The lowest BCUT2D eigenvalue weighted by atomic mass is 9.75. The molecule has 1 fully saturated rings. The average molecular weight is 423 g/mol. The van der Waals surface area contributed by atoms with Crippen molar-refractivity contribution in [2.75, 3.05) is 11.6 Å². The van der Waals surface area contributed by atoms with Gasteiger partial charge in [-0.15, -0.1) is 10.2 Å². The lowest BCUT2D eigenvalue weighted by molar-refractivity contribution is -0.152. The van der Waals surface area contributed by atoms with Crippen LogP contribution in [-0.4, -0.2) is 32.7 Å². The van der Waals surface area contributed by atoms with Crippen molar-refractivity contribution in [3.63, 3.8) is 0 Å². The van der Waals surface area contributed by atoms with Gasteiger partial charge in [0.2, 0.25) is 5.16 Å². The lowest BCUT2D eigenvalue weighted by Gasteiger charge is -2.36. The summed E-state index contributed by atoms with van der Waals surface area (Å²) in [5.74, 6) is 8.09. The fourth-order valence-electron chi connectivity index (χ4n) is 3.75. The van der Waals surface area contributed by atoms with Gasteiger partial charge in [-0.3, -0.25) is 4.79 Å². The molecule has 1 aromatic carbocycles. The maximum atomic E-state index is 12.4. The molecule has 2 N–H and O–H groups in total. The van der Waals surface area contributed by atoms with Gasteiger partial charge in [0.05, 0.1) is 5.75 Å². The molecule has 2 aromatic rings. The van der Waals surface area contributed by atoms with E-state index < -0.39 is 0 Å². The number of thioether (sulfide) groups is 1. The lowest BCUT2D eigenvalue weighted by Crippen LogP contribution is -2.36. The maximum absolute atomic E-state index is 12.4. The predicted octanol–water partition coefficient (Wildman–Crippen LogP) is 4.41. The Morgan fingerprint density at radius 2 is 2.04 bits per heavy atom. The number of nitrogen functional groups attached to an aromatic ring is 1. The molecule has 152 valence electrons. The number of ether oxygens (including phenoxy) is 1. The van der Waals surface area contributed by atoms with E-state index >= 15 is 0 Å². The molecule has 1 aliphatic carbocycles. The van der Waals surface area contributed by atoms with Gasteiger partial charge in [-0.1, -0.05) is 50.6 Å². The predicted molar refractivity (Wildman–Crippen MR) is 113 cm³/mol. The number of nitrogens with zero attached hydrogens (tertiary/aromatic N) is 3. The highest BCUT2D eigenvalue weighted by molar-refractivity contribution is 7.99. The zero-order chi connectivity index (χ0) is 20.3. The summed E-state index contributed by atoms with van der Waals surface area (Å²) < 4.78 is 7.22. The summed E-state index contributed by atoms with van der Waals surface area (Å²) in [5, 5.41) is 9.34. The Morgan fingerprint density at radius 3 is 2.71 bits per heavy atom. The number of halogens is 1. The summed E-state index contributed by atoms with van der Waals surface area (Å²) in [4.78, 5) is 12.4. The smallest absolute Gasteiger partial charge is 0.316 e. The largest absolute Gasteiger partial charge is 0.461 e. The minimum Gasteiger partial charge on any atom is -0.461 e. The van der Waals surface area contributed by atoms with E-state index in [0.29, 0.717) is 33.8 Å². The molecule has 1 saturated carbocycles. The molecular formula is C20H27ClN4O2S. The minimum absolute atomic E-state index is 0.00257. The van der Waals surface area contributed by atoms with Crippen molar-refractivity contribution in [3.8, 4) is 11.4 Å². The monoisotopic (exact) mass is 422 g/mol. The second kappa shape index (κ2) is 9.18. The summed E-state index contributed by atoms with van der Waals surface area (Å²) >= 11 is 7.15. The number of benzene rings is 1. The number of hydrogen-bond acceptors (Lipinski definition) is 6. The van der Waals surface area contributed by atoms with Gasteiger partial charge in [0.15, 0.2) is 5.82 Å². The van der Waals surface area contributed by atoms with Gasteiger partial charge in [0.1, 0.15) is 6.10 Å². The third-order valence-corrected chi connectivity index (χ3v) is 6.50. The van der Waals surface area contributed by atoms with E-state index in [0.717, 1.165) is 18.4 Å². The first-order chi connectivity index (χ1) is 13.3. The first-order valence-corrected chi connectivity index (χ1v) is 11.0. The van der Waals surface area contributed by atoms with Crippen LogP contribution in [0.2, 0.25) is 5.02 Å². The van der Waals surface area contributed by atoms with Crippen LogP contribution in [0.4, 0.5) is 0 Å². The number of nitrogens with two attached hydrogens (primary N) is 1. The van der Waals surface area contributed by atoms with Crippen LogP contribution in [0.25, 0.3) is 11.4 Å². The molecule has 6 nitrogen and oxygen atoms in total. The van der Waals surface area contributed by atoms with Gasteiger partial charge in [-0.25, -0.2) is 4.68 Å². The Kier molecular flexibility index (Phi) is 6.88. The minimum atomic E-state index is -0.231. The van der Waals surface area contributed by atoms with Gasteiger partial charge in [0.25, 0.3) is 0 Å². The highest BCUT2D eigenvalue weighted by atomic mass is 35.5. The number of rotatable bonds is 6. The molecule has 28 heavy (non-hydrogen) atoms. The topological polar surface area (TPSA) is 83.0 Å². The highest BCUT2D eigenvalue weighted by Gasteiger charge is 2.33. The van der Waals surface area contributed by atoms with Crippen LogP contribution in [0, 0.1) is 17.8 Å². The maximum Gasteiger partial charge on any atom is 0.316 e. The third kappa shape index (κ3) is 5.00. The fourth-order valence-corrected chi connectivity index (χ4v) is 4.51. The first kappa shape index (κ1) is 21.0. The number of hydrogen-bond donors (Lipinski definition) is 1. The van der Waals surface area contributed by atoms with Gasteiger partial charge in [0, 0.05) is 10.6 Å². The molecule has 0 amide bonds. The molecule has 0 unspecified atom stereocenters. The number of aromatic nitrogens is 3. The van der Waals surface area contributed by atoms with Gasteiger partial charge >= 0.3 is 5.97 Å². The highest BCUT2D eigenvalue weighted by Crippen LogP contribution is 2.35. The van der Waals surface area contributed by atoms with Crippen molar-refractivity contribution in [3.05, 3.63) is 29.3 Å². The molecule has 8 heteroatoms. The Morgan fingerprint density at radius 1 is 1.32 bits per heavy atom. The van der Waals surface area contributed by atoms with E-state index in [1.165, 1.54) is 22.9 Å². The van der Waals surface area contributed by atoms with Gasteiger partial charge in [-0.2, -0.15) is 0 Å². The third-order valence-electron chi connectivity index (χ3n) is 5.33. The van der Waals surface area contributed by atoms with Crippen LogP contribution in [0.3, 0.4) is 0 Å². The van der Waals surface area contributed by atoms with Crippen LogP contribution >= 0.6 is 23.4 Å². The zero-order valence-electron chi connectivity index (χ0n) is 16.5. The van der Waals surface area contributed by atoms with E-state index in [-0.39, 0.29) is 17.8 Å². The van der Waals surface area contributed by atoms with E-state index in [2.05, 4.69) is 31.0 Å². The molecule has 0 aliphatic heterocycles. The van der Waals surface area contributed by atoms with Gasteiger partial charge in [-0.05, 0) is 54.9 Å². The molecule has 0 bridgehead atoms. The Hall–Kier alpha value is -1.73. The second-order valence-electron chi connectivity index (χ2n) is 7.83. The van der Waals surface area contributed by atoms with Crippen LogP contribution in [0.15, 0.2) is 29.4 Å². The molecule has 3 atom stereocenters. The number of carbonyl (C=O) groups excluding carboxylic acids is 1.